The third-order valence-electron chi connectivity index (χ3n) is 12.2. The third-order valence-corrected chi connectivity index (χ3v) is 17.5. The van der Waals surface area contributed by atoms with Crippen LogP contribution in [0.25, 0.3) is 0 Å². The van der Waals surface area contributed by atoms with Crippen LogP contribution in [0.2, 0.25) is 0 Å². The Kier molecular flexibility index (Phi) is 20.3. The molecule has 4 amide bonds. The lowest BCUT2D eigenvalue weighted by Gasteiger charge is -2.31. The summed E-state index contributed by atoms with van der Waals surface area (Å²) < 4.78 is 103. The predicted octanol–water partition coefficient (Wildman–Crippen LogP) is 5.42. The Hall–Kier alpha value is -6.71. The van der Waals surface area contributed by atoms with Crippen molar-refractivity contribution in [3.63, 3.8) is 0 Å². The second-order valence-corrected chi connectivity index (χ2v) is 25.2. The summed E-state index contributed by atoms with van der Waals surface area (Å²) in [4.78, 5) is 78.9. The molecule has 3 heterocycles. The number of thioether (sulfide) groups is 1. The van der Waals surface area contributed by atoms with Gasteiger partial charge in [-0.05, 0) is 131 Å². The number of halogens is 2. The number of aliphatic carboxylic acids is 1. The van der Waals surface area contributed by atoms with Crippen molar-refractivity contribution in [3.8, 4) is 11.5 Å². The largest absolute Gasteiger partial charge is 0.480 e. The van der Waals surface area contributed by atoms with Gasteiger partial charge in [0.25, 0.3) is 15.9 Å². The van der Waals surface area contributed by atoms with E-state index in [0.717, 1.165) is 52.8 Å². The molecular formula is C53H64F2N6O15S3. The van der Waals surface area contributed by atoms with Crippen molar-refractivity contribution in [2.45, 2.75) is 105 Å². The van der Waals surface area contributed by atoms with Crippen LogP contribution >= 0.6 is 11.8 Å². The van der Waals surface area contributed by atoms with E-state index in [4.69, 9.17) is 18.9 Å². The van der Waals surface area contributed by atoms with Crippen LogP contribution in [0, 0.1) is 11.6 Å². The van der Waals surface area contributed by atoms with Crippen molar-refractivity contribution in [3.05, 3.63) is 120 Å². The van der Waals surface area contributed by atoms with Crippen LogP contribution in [-0.2, 0) is 61.5 Å². The van der Waals surface area contributed by atoms with Crippen LogP contribution in [0.15, 0.2) is 107 Å². The van der Waals surface area contributed by atoms with E-state index in [9.17, 15) is 59.5 Å². The molecule has 4 aromatic rings. The summed E-state index contributed by atoms with van der Waals surface area (Å²) in [5.74, 6) is -4.03. The lowest BCUT2D eigenvalue weighted by atomic mass is 10.0. The quantitative estimate of drug-likeness (QED) is 0.118. The van der Waals surface area contributed by atoms with E-state index < -0.39 is 107 Å². The summed E-state index contributed by atoms with van der Waals surface area (Å²) in [6.45, 7) is 10.7. The van der Waals surface area contributed by atoms with Crippen LogP contribution in [0.5, 0.6) is 11.5 Å². The number of esters is 1. The molecule has 26 heteroatoms. The molecule has 0 saturated carbocycles. The van der Waals surface area contributed by atoms with Gasteiger partial charge in [-0.25, -0.2) is 49.1 Å². The molecule has 0 radical (unpaired) electrons. The van der Waals surface area contributed by atoms with Gasteiger partial charge in [0.2, 0.25) is 15.9 Å². The summed E-state index contributed by atoms with van der Waals surface area (Å²) in [7, 11) is -5.73. The Labute approximate surface area is 462 Å². The zero-order chi connectivity index (χ0) is 58.0. The van der Waals surface area contributed by atoms with Crippen molar-refractivity contribution in [2.75, 3.05) is 52.7 Å². The van der Waals surface area contributed by atoms with Crippen molar-refractivity contribution in [2.24, 2.45) is 0 Å². The molecule has 21 nitrogen and oxygen atoms in total. The highest BCUT2D eigenvalue weighted by Gasteiger charge is 2.46. The molecule has 4 aromatic carbocycles. The molecule has 0 aromatic heterocycles. The molecule has 3 fully saturated rings. The van der Waals surface area contributed by atoms with E-state index in [1.165, 1.54) is 55.0 Å². The fourth-order valence-electron chi connectivity index (χ4n) is 8.22. The van der Waals surface area contributed by atoms with E-state index in [2.05, 4.69) is 10.6 Å². The normalized spacial score (nSPS) is 18.2. The minimum absolute atomic E-state index is 0.0514. The minimum atomic E-state index is -4.68. The fraction of sp³-hybridized carbons (Fsp3) is 0.434. The maximum atomic E-state index is 13.6. The van der Waals surface area contributed by atoms with Gasteiger partial charge >= 0.3 is 24.1 Å². The van der Waals surface area contributed by atoms with Gasteiger partial charge in [-0.15, -0.1) is 11.8 Å². The molecule has 428 valence electrons. The molecule has 3 aliphatic heterocycles. The van der Waals surface area contributed by atoms with E-state index in [1.54, 1.807) is 49.9 Å². The first kappa shape index (κ1) is 61.5. The van der Waals surface area contributed by atoms with Crippen molar-refractivity contribution in [1.82, 2.24) is 29.0 Å². The number of carbonyl (C=O) groups is 6. The SMILES string of the molecule is CC(C)(C)OC(=O)[C@H](Cc1ccc(OC(=O)N2CCOCC2)cc1)NC(=O)[C@@H]1CCCN1S(=O)(=O)c1ccc(F)cc1.CN(C)C(=O)Oc1ccc(C[C@@H](C(=O)O)N(C(=O)[C@H]2NC(C)(C)CS2)S(=O)(=O)c2ccc(F)cc2)cc1. The van der Waals surface area contributed by atoms with Gasteiger partial charge in [-0.3, -0.25) is 14.9 Å². The van der Waals surface area contributed by atoms with Crippen molar-refractivity contribution in [1.29, 1.82) is 0 Å². The lowest BCUT2D eigenvalue weighted by molar-refractivity contribution is -0.158. The Morgan fingerprint density at radius 3 is 1.84 bits per heavy atom. The van der Waals surface area contributed by atoms with Crippen molar-refractivity contribution >= 4 is 67.7 Å². The van der Waals surface area contributed by atoms with Crippen LogP contribution in [0.3, 0.4) is 0 Å². The fourth-order valence-corrected chi connectivity index (χ4v) is 12.8. The van der Waals surface area contributed by atoms with Gasteiger partial charge in [-0.1, -0.05) is 24.3 Å². The number of amides is 4. The number of hydrogen-bond acceptors (Lipinski definition) is 16. The van der Waals surface area contributed by atoms with Crippen LogP contribution in [0.1, 0.15) is 58.6 Å². The average Bonchev–Trinajstić information content (AvgIpc) is 4.05. The van der Waals surface area contributed by atoms with E-state index in [-0.39, 0.29) is 36.5 Å². The van der Waals surface area contributed by atoms with E-state index >= 15 is 0 Å². The highest BCUT2D eigenvalue weighted by molar-refractivity contribution is 8.01. The predicted molar refractivity (Wildman–Crippen MR) is 285 cm³/mol. The first-order valence-electron chi connectivity index (χ1n) is 24.9. The van der Waals surface area contributed by atoms with E-state index in [0.29, 0.717) is 59.7 Å². The molecule has 3 N–H and O–H groups in total. The number of hydrogen-bond donors (Lipinski definition) is 3. The zero-order valence-corrected chi connectivity index (χ0v) is 47.0. The highest BCUT2D eigenvalue weighted by atomic mass is 32.2. The van der Waals surface area contributed by atoms with Crippen molar-refractivity contribution < 1.29 is 78.4 Å². The van der Waals surface area contributed by atoms with Crippen LogP contribution < -0.4 is 20.1 Å². The number of rotatable bonds is 16. The lowest BCUT2D eigenvalue weighted by Crippen LogP contribution is -2.55. The molecule has 7 rings (SSSR count). The second-order valence-electron chi connectivity index (χ2n) is 20.4. The number of carboxylic acid groups (broad SMARTS) is 1. The Balaban J connectivity index is 0.000000257. The monoisotopic (exact) mass is 1160 g/mol. The maximum Gasteiger partial charge on any atom is 0.415 e. The number of ether oxygens (including phenoxy) is 4. The standard InChI is InChI=1S/C29H36FN3O8S.C24H28FN3O7S2/c1-29(2,3)41-27(35)24(19-20-6-10-22(11-7-20)40-28(36)32-15-17-39-18-16-32)31-26(34)25-5-4-14-33(25)42(37,38)23-12-8-21(30)9-13-23;1-24(2)14-36-20(26-24)21(29)28(37(33,34)18-11-7-16(25)8-12-18)19(22(30)31)13-15-5-9-17(10-6-15)35-23(32)27(3)4/h6-13,24-25H,4-5,14-19H2,1-3H3,(H,31,34);5-12,19-20,26H,13-14H2,1-4H3,(H,30,31)/t24-,25-;19-,20-/m00/s1. The topological polar surface area (TPSA) is 265 Å². The van der Waals surface area contributed by atoms with Crippen LogP contribution in [-0.4, -0.2) is 164 Å². The summed E-state index contributed by atoms with van der Waals surface area (Å²) in [6.07, 6.45) is -0.694. The molecule has 0 bridgehead atoms. The Morgan fingerprint density at radius 1 is 0.797 bits per heavy atom. The first-order chi connectivity index (χ1) is 37.0. The summed E-state index contributed by atoms with van der Waals surface area (Å²) in [5, 5.41) is 14.8. The maximum absolute atomic E-state index is 13.6. The number of sulfonamides is 2. The molecule has 3 aliphatic rings. The molecule has 4 atom stereocenters. The third kappa shape index (κ3) is 16.7. The molecule has 0 spiro atoms. The second kappa shape index (κ2) is 26.0. The minimum Gasteiger partial charge on any atom is -0.480 e. The van der Waals surface area contributed by atoms with Gasteiger partial charge < -0.3 is 39.2 Å². The highest BCUT2D eigenvalue weighted by Crippen LogP contribution is 2.32. The van der Waals surface area contributed by atoms with Gasteiger partial charge in [0.1, 0.15) is 52.2 Å². The average molecular weight is 1160 g/mol. The number of nitrogens with zero attached hydrogens (tertiary/aromatic N) is 4. The molecular weight excluding hydrogens is 1090 g/mol. The number of nitrogens with one attached hydrogen (secondary N) is 2. The van der Waals surface area contributed by atoms with Gasteiger partial charge in [0, 0.05) is 57.9 Å². The summed E-state index contributed by atoms with van der Waals surface area (Å²) >= 11 is 1.17. The smallest absolute Gasteiger partial charge is 0.415 e. The van der Waals surface area contributed by atoms with Crippen LogP contribution in [0.4, 0.5) is 18.4 Å². The Morgan fingerprint density at radius 2 is 1.33 bits per heavy atom. The molecule has 79 heavy (non-hydrogen) atoms. The Bertz CT molecular complexity index is 3050. The van der Waals surface area contributed by atoms with E-state index in [1.807, 2.05) is 13.8 Å². The van der Waals surface area contributed by atoms with Gasteiger partial charge in [0.05, 0.1) is 23.0 Å². The molecule has 0 unspecified atom stereocenters. The summed E-state index contributed by atoms with van der Waals surface area (Å²) in [5.41, 5.74) is -0.270. The zero-order valence-electron chi connectivity index (χ0n) is 44.6. The van der Waals surface area contributed by atoms with Gasteiger partial charge in [-0.2, -0.15) is 4.31 Å². The number of carbonyl (C=O) groups excluding carboxylic acids is 5. The molecule has 3 saturated heterocycles. The number of carboxylic acids is 1. The van der Waals surface area contributed by atoms with Gasteiger partial charge in [0.15, 0.2) is 0 Å². The number of benzene rings is 4. The summed E-state index contributed by atoms with van der Waals surface area (Å²) in [6, 6.07) is 16.6. The number of morpholine rings is 1. The molecule has 0 aliphatic carbocycles. The first-order valence-corrected chi connectivity index (χ1v) is 28.9.